The third-order valence-electron chi connectivity index (χ3n) is 3.04. The van der Waals surface area contributed by atoms with Crippen LogP contribution in [0.2, 0.25) is 0 Å². The lowest BCUT2D eigenvalue weighted by Gasteiger charge is -2.01. The highest BCUT2D eigenvalue weighted by Gasteiger charge is 2.11. The number of amides is 1. The molecule has 1 aromatic carbocycles. The molecule has 1 N–H and O–H groups in total. The Hall–Kier alpha value is -2.12. The predicted octanol–water partition coefficient (Wildman–Crippen LogP) is 3.52. The van der Waals surface area contributed by atoms with E-state index in [2.05, 4.69) is 15.5 Å². The largest absolute Gasteiger partial charge is 0.411 e. The normalized spacial score (nSPS) is 10.7. The minimum atomic E-state index is -0.0568. The topological polar surface area (TPSA) is 68.0 Å². The van der Waals surface area contributed by atoms with Gasteiger partial charge in [0.2, 0.25) is 11.8 Å². The number of aryl methyl sites for hydroxylation is 1. The molecule has 0 radical (unpaired) electrons. The standard InChI is InChI=1S/C16H15N3O2S2/c1-11-4-2-5-12(8-11)15-18-19-16(21-15)23-10-14(20)17-9-13-6-3-7-22-13/h2-8H,9-10H2,1H3,(H,17,20). The molecule has 7 heteroatoms. The lowest BCUT2D eigenvalue weighted by atomic mass is 10.1. The molecule has 0 fully saturated rings. The molecule has 0 aliphatic carbocycles. The number of rotatable bonds is 6. The summed E-state index contributed by atoms with van der Waals surface area (Å²) in [4.78, 5) is 12.9. The first-order valence-electron chi connectivity index (χ1n) is 7.03. The summed E-state index contributed by atoms with van der Waals surface area (Å²) in [7, 11) is 0. The SMILES string of the molecule is Cc1cccc(-c2nnc(SCC(=O)NCc3cccs3)o2)c1. The maximum Gasteiger partial charge on any atom is 0.277 e. The summed E-state index contributed by atoms with van der Waals surface area (Å²) in [5, 5.41) is 13.2. The van der Waals surface area contributed by atoms with Crippen LogP contribution in [0.3, 0.4) is 0 Å². The van der Waals surface area contributed by atoms with E-state index < -0.39 is 0 Å². The second-order valence-corrected chi connectivity index (χ2v) is 6.85. The van der Waals surface area contributed by atoms with E-state index >= 15 is 0 Å². The highest BCUT2D eigenvalue weighted by atomic mass is 32.2. The highest BCUT2D eigenvalue weighted by Crippen LogP contribution is 2.23. The predicted molar refractivity (Wildman–Crippen MR) is 91.4 cm³/mol. The third-order valence-corrected chi connectivity index (χ3v) is 4.73. The van der Waals surface area contributed by atoms with Gasteiger partial charge in [0.1, 0.15) is 0 Å². The second kappa shape index (κ2) is 7.43. The Morgan fingerprint density at radius 1 is 1.30 bits per heavy atom. The number of carbonyl (C=O) groups excluding carboxylic acids is 1. The number of hydrogen-bond acceptors (Lipinski definition) is 6. The molecule has 5 nitrogen and oxygen atoms in total. The number of aromatic nitrogens is 2. The van der Waals surface area contributed by atoms with E-state index in [1.54, 1.807) is 11.3 Å². The minimum Gasteiger partial charge on any atom is -0.411 e. The molecule has 0 saturated carbocycles. The average molecular weight is 345 g/mol. The van der Waals surface area contributed by atoms with Gasteiger partial charge in [0.25, 0.3) is 5.22 Å². The number of carbonyl (C=O) groups is 1. The lowest BCUT2D eigenvalue weighted by Crippen LogP contribution is -2.24. The molecule has 0 saturated heterocycles. The number of hydrogen-bond donors (Lipinski definition) is 1. The Labute approximate surface area is 142 Å². The van der Waals surface area contributed by atoms with Crippen molar-refractivity contribution in [3.8, 4) is 11.5 Å². The van der Waals surface area contributed by atoms with E-state index in [-0.39, 0.29) is 11.7 Å². The smallest absolute Gasteiger partial charge is 0.277 e. The number of thiophene rings is 1. The molecule has 0 bridgehead atoms. The van der Waals surface area contributed by atoms with Crippen molar-refractivity contribution >= 4 is 29.0 Å². The van der Waals surface area contributed by atoms with Gasteiger partial charge in [0.05, 0.1) is 12.3 Å². The number of nitrogens with one attached hydrogen (secondary N) is 1. The van der Waals surface area contributed by atoms with Gasteiger partial charge >= 0.3 is 0 Å². The molecule has 2 heterocycles. The van der Waals surface area contributed by atoms with Gasteiger partial charge in [-0.25, -0.2) is 0 Å². The van der Waals surface area contributed by atoms with Gasteiger partial charge in [0.15, 0.2) is 0 Å². The van der Waals surface area contributed by atoms with Gasteiger partial charge in [-0.2, -0.15) is 0 Å². The van der Waals surface area contributed by atoms with E-state index in [0.717, 1.165) is 16.0 Å². The van der Waals surface area contributed by atoms with Crippen LogP contribution in [0.4, 0.5) is 0 Å². The molecular weight excluding hydrogens is 330 g/mol. The first-order valence-corrected chi connectivity index (χ1v) is 8.89. The van der Waals surface area contributed by atoms with E-state index in [4.69, 9.17) is 4.42 Å². The van der Waals surface area contributed by atoms with Gasteiger partial charge in [-0.1, -0.05) is 35.5 Å². The fraction of sp³-hybridized carbons (Fsp3) is 0.188. The van der Waals surface area contributed by atoms with Crippen molar-refractivity contribution in [2.75, 3.05) is 5.75 Å². The second-order valence-electron chi connectivity index (χ2n) is 4.89. The monoisotopic (exact) mass is 345 g/mol. The molecular formula is C16H15N3O2S2. The summed E-state index contributed by atoms with van der Waals surface area (Å²) in [6, 6.07) is 11.8. The Kier molecular flexibility index (Phi) is 5.09. The van der Waals surface area contributed by atoms with E-state index in [9.17, 15) is 4.79 Å². The van der Waals surface area contributed by atoms with Crippen LogP contribution in [0.25, 0.3) is 11.5 Å². The molecule has 3 rings (SSSR count). The van der Waals surface area contributed by atoms with Crippen molar-refractivity contribution in [2.24, 2.45) is 0 Å². The minimum absolute atomic E-state index is 0.0568. The summed E-state index contributed by atoms with van der Waals surface area (Å²) in [6.45, 7) is 2.56. The average Bonchev–Trinajstić information content (AvgIpc) is 3.22. The summed E-state index contributed by atoms with van der Waals surface area (Å²) in [5.74, 6) is 0.662. The Balaban J connectivity index is 1.52. The summed E-state index contributed by atoms with van der Waals surface area (Å²) in [5.41, 5.74) is 2.01. The summed E-state index contributed by atoms with van der Waals surface area (Å²) >= 11 is 2.86. The fourth-order valence-electron chi connectivity index (χ4n) is 1.94. The van der Waals surface area contributed by atoms with E-state index in [0.29, 0.717) is 17.7 Å². The van der Waals surface area contributed by atoms with Crippen LogP contribution >= 0.6 is 23.1 Å². The molecule has 1 amide bonds. The zero-order chi connectivity index (χ0) is 16.1. The molecule has 0 aliphatic heterocycles. The maximum absolute atomic E-state index is 11.8. The van der Waals surface area contributed by atoms with Gasteiger partial charge in [0, 0.05) is 10.4 Å². The van der Waals surface area contributed by atoms with Crippen molar-refractivity contribution < 1.29 is 9.21 Å². The summed E-state index contributed by atoms with van der Waals surface area (Å²) < 4.78 is 5.59. The Bertz CT molecular complexity index is 784. The van der Waals surface area contributed by atoms with Gasteiger partial charge < -0.3 is 9.73 Å². The van der Waals surface area contributed by atoms with Crippen molar-refractivity contribution in [3.63, 3.8) is 0 Å². The van der Waals surface area contributed by atoms with Crippen LogP contribution in [0.5, 0.6) is 0 Å². The van der Waals surface area contributed by atoms with E-state index in [1.165, 1.54) is 11.8 Å². The van der Waals surface area contributed by atoms with Crippen LogP contribution in [-0.4, -0.2) is 21.9 Å². The van der Waals surface area contributed by atoms with Crippen molar-refractivity contribution in [1.29, 1.82) is 0 Å². The molecule has 23 heavy (non-hydrogen) atoms. The van der Waals surface area contributed by atoms with Crippen molar-refractivity contribution in [1.82, 2.24) is 15.5 Å². The third kappa shape index (κ3) is 4.43. The fourth-order valence-corrected chi connectivity index (χ4v) is 3.18. The zero-order valence-corrected chi connectivity index (χ0v) is 14.1. The number of nitrogens with zero attached hydrogens (tertiary/aromatic N) is 2. The van der Waals surface area contributed by atoms with Crippen LogP contribution < -0.4 is 5.32 Å². The Morgan fingerprint density at radius 2 is 2.22 bits per heavy atom. The molecule has 0 atom stereocenters. The first kappa shape index (κ1) is 15.8. The molecule has 0 spiro atoms. The van der Waals surface area contributed by atoms with Gasteiger partial charge in [-0.05, 0) is 30.5 Å². The molecule has 118 valence electrons. The van der Waals surface area contributed by atoms with Gasteiger partial charge in [-0.3, -0.25) is 4.79 Å². The highest BCUT2D eigenvalue weighted by molar-refractivity contribution is 7.99. The first-order chi connectivity index (χ1) is 11.2. The quantitative estimate of drug-likeness (QED) is 0.692. The van der Waals surface area contributed by atoms with Crippen LogP contribution in [0.15, 0.2) is 51.4 Å². The zero-order valence-electron chi connectivity index (χ0n) is 12.5. The number of thioether (sulfide) groups is 1. The van der Waals surface area contributed by atoms with E-state index in [1.807, 2.05) is 48.7 Å². The Morgan fingerprint density at radius 3 is 3.00 bits per heavy atom. The van der Waals surface area contributed by atoms with Crippen molar-refractivity contribution in [2.45, 2.75) is 18.7 Å². The van der Waals surface area contributed by atoms with Crippen LogP contribution in [0.1, 0.15) is 10.4 Å². The van der Waals surface area contributed by atoms with Crippen LogP contribution in [0, 0.1) is 6.92 Å². The molecule has 0 unspecified atom stereocenters. The maximum atomic E-state index is 11.8. The molecule has 0 aliphatic rings. The molecule has 2 aromatic heterocycles. The summed E-state index contributed by atoms with van der Waals surface area (Å²) in [6.07, 6.45) is 0. The van der Waals surface area contributed by atoms with Crippen LogP contribution in [-0.2, 0) is 11.3 Å². The van der Waals surface area contributed by atoms with Gasteiger partial charge in [-0.15, -0.1) is 21.5 Å². The molecule has 3 aromatic rings. The lowest BCUT2D eigenvalue weighted by molar-refractivity contribution is -0.118. The number of benzene rings is 1. The van der Waals surface area contributed by atoms with Crippen molar-refractivity contribution in [3.05, 3.63) is 52.2 Å².